The second-order valence-corrected chi connectivity index (χ2v) is 6.92. The molecule has 1 N–H and O–H groups in total. The monoisotopic (exact) mass is 361 g/mol. The summed E-state index contributed by atoms with van der Waals surface area (Å²) in [6.45, 7) is 5.74. The quantitative estimate of drug-likeness (QED) is 0.859. The van der Waals surface area contributed by atoms with Crippen LogP contribution in [0.3, 0.4) is 0 Å². The lowest BCUT2D eigenvalue weighted by atomic mass is 10.1. The first kappa shape index (κ1) is 18.9. The molecule has 140 valence electrons. The van der Waals surface area contributed by atoms with Gasteiger partial charge in [-0.1, -0.05) is 6.07 Å². The Morgan fingerprint density at radius 3 is 2.58 bits per heavy atom. The van der Waals surface area contributed by atoms with E-state index in [0.29, 0.717) is 18.5 Å². The van der Waals surface area contributed by atoms with Gasteiger partial charge in [0.1, 0.15) is 11.6 Å². The zero-order valence-electron chi connectivity index (χ0n) is 15.0. The number of hydrogen-bond acceptors (Lipinski definition) is 4. The number of piperazine rings is 1. The maximum atomic E-state index is 13.4. The molecule has 1 unspecified atom stereocenters. The molecule has 0 radical (unpaired) electrons. The molecule has 1 aromatic heterocycles. The van der Waals surface area contributed by atoms with Crippen molar-refractivity contribution in [2.24, 2.45) is 0 Å². The molecule has 26 heavy (non-hydrogen) atoms. The van der Waals surface area contributed by atoms with Crippen LogP contribution in [-0.2, 0) is 13.1 Å². The first-order valence-corrected chi connectivity index (χ1v) is 8.98. The van der Waals surface area contributed by atoms with Gasteiger partial charge in [-0.25, -0.2) is 8.78 Å². The van der Waals surface area contributed by atoms with Crippen LogP contribution in [0.1, 0.15) is 23.4 Å². The van der Waals surface area contributed by atoms with E-state index >= 15 is 0 Å². The number of pyridine rings is 1. The lowest BCUT2D eigenvalue weighted by Crippen LogP contribution is -2.52. The van der Waals surface area contributed by atoms with Crippen molar-refractivity contribution in [3.8, 4) is 0 Å². The summed E-state index contributed by atoms with van der Waals surface area (Å²) in [6.07, 6.45) is 0.666. The summed E-state index contributed by atoms with van der Waals surface area (Å²) in [5.74, 6) is -1.09. The number of rotatable bonds is 6. The average Bonchev–Trinajstić information content (AvgIpc) is 2.56. The minimum atomic E-state index is -0.545. The van der Waals surface area contributed by atoms with Crippen LogP contribution in [0.15, 0.2) is 36.4 Å². The molecule has 1 saturated heterocycles. The van der Waals surface area contributed by atoms with Gasteiger partial charge < -0.3 is 5.11 Å². The van der Waals surface area contributed by atoms with Crippen molar-refractivity contribution in [2.75, 3.05) is 26.2 Å². The number of aliphatic hydroxyl groups is 1. The smallest absolute Gasteiger partial charge is 0.126 e. The highest BCUT2D eigenvalue weighted by molar-refractivity contribution is 5.18. The largest absolute Gasteiger partial charge is 0.396 e. The summed E-state index contributed by atoms with van der Waals surface area (Å²) in [6, 6.07) is 9.85. The number of benzene rings is 1. The maximum absolute atomic E-state index is 13.4. The van der Waals surface area contributed by atoms with Crippen LogP contribution in [0.2, 0.25) is 0 Å². The van der Waals surface area contributed by atoms with Crippen LogP contribution in [0.25, 0.3) is 0 Å². The Morgan fingerprint density at radius 2 is 1.88 bits per heavy atom. The topological polar surface area (TPSA) is 39.6 Å². The normalized spacial score (nSPS) is 19.0. The SMILES string of the molecule is Cc1cccc(CN2CCN(Cc3cc(F)cc(F)c3)CC2CCO)n1. The van der Waals surface area contributed by atoms with E-state index in [2.05, 4.69) is 14.8 Å². The molecule has 0 spiro atoms. The van der Waals surface area contributed by atoms with E-state index < -0.39 is 11.6 Å². The van der Waals surface area contributed by atoms with Crippen molar-refractivity contribution in [1.29, 1.82) is 0 Å². The van der Waals surface area contributed by atoms with Crippen molar-refractivity contribution >= 4 is 0 Å². The van der Waals surface area contributed by atoms with Crippen LogP contribution in [-0.4, -0.2) is 52.2 Å². The molecule has 0 saturated carbocycles. The molecular weight excluding hydrogens is 336 g/mol. The lowest BCUT2D eigenvalue weighted by molar-refractivity contribution is 0.0490. The molecule has 0 amide bonds. The summed E-state index contributed by atoms with van der Waals surface area (Å²) < 4.78 is 26.8. The minimum Gasteiger partial charge on any atom is -0.396 e. The molecule has 1 aliphatic rings. The number of hydrogen-bond donors (Lipinski definition) is 1. The summed E-state index contributed by atoms with van der Waals surface area (Å²) in [5, 5.41) is 9.44. The number of aromatic nitrogens is 1. The Balaban J connectivity index is 1.65. The van der Waals surface area contributed by atoms with E-state index in [1.54, 1.807) is 0 Å². The third-order valence-electron chi connectivity index (χ3n) is 4.79. The van der Waals surface area contributed by atoms with E-state index in [1.807, 2.05) is 25.1 Å². The van der Waals surface area contributed by atoms with Gasteiger partial charge in [0.15, 0.2) is 0 Å². The van der Waals surface area contributed by atoms with E-state index in [4.69, 9.17) is 0 Å². The summed E-state index contributed by atoms with van der Waals surface area (Å²) in [5.41, 5.74) is 2.65. The molecular formula is C20H25F2N3O. The molecule has 1 atom stereocenters. The molecule has 6 heteroatoms. The zero-order valence-corrected chi connectivity index (χ0v) is 15.0. The van der Waals surface area contributed by atoms with Gasteiger partial charge in [-0.2, -0.15) is 0 Å². The van der Waals surface area contributed by atoms with Crippen molar-refractivity contribution < 1.29 is 13.9 Å². The molecule has 1 fully saturated rings. The highest BCUT2D eigenvalue weighted by Gasteiger charge is 2.27. The zero-order chi connectivity index (χ0) is 18.5. The number of aliphatic hydroxyl groups excluding tert-OH is 1. The number of aryl methyl sites for hydroxylation is 1. The third-order valence-corrected chi connectivity index (χ3v) is 4.79. The van der Waals surface area contributed by atoms with Crippen molar-refractivity contribution in [3.63, 3.8) is 0 Å². The Morgan fingerprint density at radius 1 is 1.12 bits per heavy atom. The van der Waals surface area contributed by atoms with Crippen LogP contribution in [0, 0.1) is 18.6 Å². The van der Waals surface area contributed by atoms with Gasteiger partial charge in [0.25, 0.3) is 0 Å². The first-order valence-electron chi connectivity index (χ1n) is 8.98. The fraction of sp³-hybridized carbons (Fsp3) is 0.450. The van der Waals surface area contributed by atoms with Gasteiger partial charge in [-0.15, -0.1) is 0 Å². The highest BCUT2D eigenvalue weighted by Crippen LogP contribution is 2.19. The summed E-state index contributed by atoms with van der Waals surface area (Å²) in [4.78, 5) is 9.09. The van der Waals surface area contributed by atoms with Gasteiger partial charge in [0.05, 0.1) is 5.69 Å². The van der Waals surface area contributed by atoms with E-state index in [9.17, 15) is 13.9 Å². The number of halogens is 2. The van der Waals surface area contributed by atoms with Gasteiger partial charge in [-0.3, -0.25) is 14.8 Å². The van der Waals surface area contributed by atoms with Crippen molar-refractivity contribution in [2.45, 2.75) is 32.5 Å². The fourth-order valence-electron chi connectivity index (χ4n) is 3.59. The second-order valence-electron chi connectivity index (χ2n) is 6.92. The maximum Gasteiger partial charge on any atom is 0.126 e. The van der Waals surface area contributed by atoms with E-state index in [0.717, 1.165) is 43.6 Å². The van der Waals surface area contributed by atoms with Crippen LogP contribution in [0.4, 0.5) is 8.78 Å². The predicted octanol–water partition coefficient (Wildman–Crippen LogP) is 2.74. The third kappa shape index (κ3) is 5.06. The minimum absolute atomic E-state index is 0.116. The molecule has 1 aliphatic heterocycles. The molecule has 0 bridgehead atoms. The van der Waals surface area contributed by atoms with Gasteiger partial charge in [0.2, 0.25) is 0 Å². The predicted molar refractivity (Wildman–Crippen MR) is 96.5 cm³/mol. The van der Waals surface area contributed by atoms with Crippen LogP contribution >= 0.6 is 0 Å². The van der Waals surface area contributed by atoms with Crippen molar-refractivity contribution in [3.05, 3.63) is 65.0 Å². The summed E-state index contributed by atoms with van der Waals surface area (Å²) >= 11 is 0. The Hall–Kier alpha value is -1.89. The van der Waals surface area contributed by atoms with Crippen LogP contribution in [0.5, 0.6) is 0 Å². The molecule has 2 aromatic rings. The lowest BCUT2D eigenvalue weighted by Gasteiger charge is -2.41. The molecule has 0 aliphatic carbocycles. The molecule has 4 nitrogen and oxygen atoms in total. The number of nitrogens with zero attached hydrogens (tertiary/aromatic N) is 3. The van der Waals surface area contributed by atoms with Gasteiger partial charge >= 0.3 is 0 Å². The standard InChI is InChI=1S/C20H25F2N3O/c1-15-3-2-4-19(23-15)13-25-7-6-24(14-20(25)5-8-26)12-16-9-17(21)11-18(22)10-16/h2-4,9-11,20,26H,5-8,12-14H2,1H3. The Labute approximate surface area is 153 Å². The second kappa shape index (κ2) is 8.66. The van der Waals surface area contributed by atoms with E-state index in [1.165, 1.54) is 12.1 Å². The van der Waals surface area contributed by atoms with Gasteiger partial charge in [0, 0.05) is 57.1 Å². The van der Waals surface area contributed by atoms with E-state index in [-0.39, 0.29) is 12.6 Å². The molecule has 3 rings (SSSR count). The Kier molecular flexibility index (Phi) is 6.29. The highest BCUT2D eigenvalue weighted by atomic mass is 19.1. The van der Waals surface area contributed by atoms with Gasteiger partial charge in [-0.05, 0) is 43.2 Å². The first-order chi connectivity index (χ1) is 12.5. The molecule has 2 heterocycles. The fourth-order valence-corrected chi connectivity index (χ4v) is 3.59. The summed E-state index contributed by atoms with van der Waals surface area (Å²) in [7, 11) is 0. The molecule has 1 aromatic carbocycles. The average molecular weight is 361 g/mol. The van der Waals surface area contributed by atoms with Crippen molar-refractivity contribution in [1.82, 2.24) is 14.8 Å². The Bertz CT molecular complexity index is 720. The van der Waals surface area contributed by atoms with Crippen LogP contribution < -0.4 is 0 Å².